The summed E-state index contributed by atoms with van der Waals surface area (Å²) >= 11 is 0. The van der Waals surface area contributed by atoms with Crippen molar-refractivity contribution in [3.05, 3.63) is 0 Å². The monoisotopic (exact) mass is 225 g/mol. The molecule has 2 aliphatic heterocycles. The number of fused-ring (bicyclic) bond motifs is 2. The second-order valence-electron chi connectivity index (χ2n) is 6.15. The fraction of sp³-hybridized carbons (Fsp3) is 0.917. The van der Waals surface area contributed by atoms with Gasteiger partial charge in [-0.05, 0) is 46.5 Å². The molecule has 4 heteroatoms. The maximum atomic E-state index is 11.7. The molecule has 0 aromatic rings. The molecule has 2 amide bonds. The maximum Gasteiger partial charge on any atom is 0.315 e. The Morgan fingerprint density at radius 2 is 1.75 bits per heavy atom. The number of urea groups is 1. The van der Waals surface area contributed by atoms with E-state index in [1.165, 1.54) is 12.8 Å². The molecule has 2 unspecified atom stereocenters. The summed E-state index contributed by atoms with van der Waals surface area (Å²) in [6, 6.07) is 1.57. The van der Waals surface area contributed by atoms with Crippen molar-refractivity contribution in [1.29, 1.82) is 0 Å². The van der Waals surface area contributed by atoms with Gasteiger partial charge in [-0.2, -0.15) is 0 Å². The molecule has 16 heavy (non-hydrogen) atoms. The Balaban J connectivity index is 1.79. The third kappa shape index (κ3) is 3.11. The highest BCUT2D eigenvalue weighted by Crippen LogP contribution is 2.26. The molecule has 0 radical (unpaired) electrons. The molecule has 0 aliphatic carbocycles. The van der Waals surface area contributed by atoms with Crippen LogP contribution in [0.15, 0.2) is 0 Å². The molecule has 4 nitrogen and oxygen atoms in total. The third-order valence-corrected chi connectivity index (χ3v) is 3.30. The minimum absolute atomic E-state index is 0.0289. The first-order chi connectivity index (χ1) is 7.42. The minimum atomic E-state index is -0.157. The lowest BCUT2D eigenvalue weighted by Crippen LogP contribution is -2.53. The number of rotatable bonds is 1. The molecular formula is C12H23N3O. The van der Waals surface area contributed by atoms with Crippen molar-refractivity contribution in [2.75, 3.05) is 0 Å². The molecular weight excluding hydrogens is 202 g/mol. The van der Waals surface area contributed by atoms with Crippen molar-refractivity contribution in [3.8, 4) is 0 Å². The Labute approximate surface area is 97.6 Å². The lowest BCUT2D eigenvalue weighted by atomic mass is 10.00. The van der Waals surface area contributed by atoms with Crippen molar-refractivity contribution in [1.82, 2.24) is 16.0 Å². The van der Waals surface area contributed by atoms with E-state index in [9.17, 15) is 4.79 Å². The first-order valence-electron chi connectivity index (χ1n) is 6.27. The van der Waals surface area contributed by atoms with Crippen molar-refractivity contribution in [3.63, 3.8) is 0 Å². The Hall–Kier alpha value is -0.770. The number of hydrogen-bond donors (Lipinski definition) is 3. The average molecular weight is 225 g/mol. The van der Waals surface area contributed by atoms with Crippen LogP contribution in [0.5, 0.6) is 0 Å². The number of carbonyl (C=O) groups is 1. The normalized spacial score (nSPS) is 33.6. The van der Waals surface area contributed by atoms with Gasteiger partial charge in [0.2, 0.25) is 0 Å². The zero-order chi connectivity index (χ0) is 11.8. The topological polar surface area (TPSA) is 53.2 Å². The second-order valence-corrected chi connectivity index (χ2v) is 6.15. The first-order valence-corrected chi connectivity index (χ1v) is 6.27. The largest absolute Gasteiger partial charge is 0.335 e. The zero-order valence-corrected chi connectivity index (χ0v) is 10.5. The summed E-state index contributed by atoms with van der Waals surface area (Å²) in [6.45, 7) is 6.00. The molecule has 2 rings (SSSR count). The Morgan fingerprint density at radius 3 is 2.25 bits per heavy atom. The van der Waals surface area contributed by atoms with Crippen LogP contribution in [0.2, 0.25) is 0 Å². The molecule has 0 aromatic carbocycles. The highest BCUT2D eigenvalue weighted by atomic mass is 16.2. The van der Waals surface area contributed by atoms with Gasteiger partial charge in [0.25, 0.3) is 0 Å². The van der Waals surface area contributed by atoms with Gasteiger partial charge in [-0.15, -0.1) is 0 Å². The van der Waals surface area contributed by atoms with Gasteiger partial charge in [0.15, 0.2) is 0 Å². The number of nitrogens with one attached hydrogen (secondary N) is 3. The van der Waals surface area contributed by atoms with Gasteiger partial charge in [-0.25, -0.2) is 4.79 Å². The predicted molar refractivity (Wildman–Crippen MR) is 64.4 cm³/mol. The van der Waals surface area contributed by atoms with Crippen molar-refractivity contribution in [2.24, 2.45) is 0 Å². The van der Waals surface area contributed by atoms with Crippen LogP contribution < -0.4 is 16.0 Å². The molecule has 2 saturated heterocycles. The molecule has 2 bridgehead atoms. The summed E-state index contributed by atoms with van der Waals surface area (Å²) < 4.78 is 0. The van der Waals surface area contributed by atoms with E-state index in [4.69, 9.17) is 0 Å². The van der Waals surface area contributed by atoms with E-state index in [0.717, 1.165) is 12.8 Å². The number of piperidine rings is 1. The van der Waals surface area contributed by atoms with E-state index in [-0.39, 0.29) is 11.6 Å². The summed E-state index contributed by atoms with van der Waals surface area (Å²) in [4.78, 5) is 11.7. The van der Waals surface area contributed by atoms with Gasteiger partial charge in [-0.3, -0.25) is 0 Å². The predicted octanol–water partition coefficient (Wildman–Crippen LogP) is 1.37. The number of carbonyl (C=O) groups excluding carboxylic acids is 1. The van der Waals surface area contributed by atoms with Crippen LogP contribution in [0, 0.1) is 0 Å². The van der Waals surface area contributed by atoms with Crippen LogP contribution >= 0.6 is 0 Å². The van der Waals surface area contributed by atoms with Crippen molar-refractivity contribution in [2.45, 2.75) is 70.1 Å². The Morgan fingerprint density at radius 1 is 1.19 bits per heavy atom. The van der Waals surface area contributed by atoms with E-state index < -0.39 is 0 Å². The highest BCUT2D eigenvalue weighted by molar-refractivity contribution is 5.75. The average Bonchev–Trinajstić information content (AvgIpc) is 2.42. The highest BCUT2D eigenvalue weighted by Gasteiger charge is 2.34. The summed E-state index contributed by atoms with van der Waals surface area (Å²) in [7, 11) is 0. The summed E-state index contributed by atoms with van der Waals surface area (Å²) in [6.07, 6.45) is 4.69. The summed E-state index contributed by atoms with van der Waals surface area (Å²) in [5, 5.41) is 9.60. The Bertz CT molecular complexity index is 260. The quantitative estimate of drug-likeness (QED) is 0.631. The molecule has 3 N–H and O–H groups in total. The second kappa shape index (κ2) is 4.24. The lowest BCUT2D eigenvalue weighted by Gasteiger charge is -2.31. The van der Waals surface area contributed by atoms with Gasteiger partial charge < -0.3 is 16.0 Å². The summed E-state index contributed by atoms with van der Waals surface area (Å²) in [5.74, 6) is 0. The zero-order valence-electron chi connectivity index (χ0n) is 10.5. The van der Waals surface area contributed by atoms with Crippen LogP contribution in [0.3, 0.4) is 0 Å². The van der Waals surface area contributed by atoms with Gasteiger partial charge in [-0.1, -0.05) is 0 Å². The van der Waals surface area contributed by atoms with Crippen LogP contribution in [0.1, 0.15) is 46.5 Å². The number of hydrogen-bond acceptors (Lipinski definition) is 2. The molecule has 0 saturated carbocycles. The Kier molecular flexibility index (Phi) is 3.10. The molecule has 92 valence electrons. The molecule has 2 fully saturated rings. The van der Waals surface area contributed by atoms with E-state index in [1.54, 1.807) is 0 Å². The van der Waals surface area contributed by atoms with E-state index >= 15 is 0 Å². The van der Waals surface area contributed by atoms with Gasteiger partial charge in [0, 0.05) is 23.7 Å². The SMILES string of the molecule is CC(C)(C)NC(=O)NC1CC2CCC(C1)N2. The molecule has 0 aromatic heterocycles. The van der Waals surface area contributed by atoms with Crippen molar-refractivity contribution >= 4 is 6.03 Å². The smallest absolute Gasteiger partial charge is 0.315 e. The molecule has 2 aliphatic rings. The van der Waals surface area contributed by atoms with E-state index in [1.807, 2.05) is 20.8 Å². The minimum Gasteiger partial charge on any atom is -0.335 e. The van der Waals surface area contributed by atoms with Gasteiger partial charge in [0.1, 0.15) is 0 Å². The van der Waals surface area contributed by atoms with Crippen molar-refractivity contribution < 1.29 is 4.79 Å². The van der Waals surface area contributed by atoms with Crippen LogP contribution in [-0.4, -0.2) is 29.7 Å². The van der Waals surface area contributed by atoms with Crippen LogP contribution in [0.4, 0.5) is 4.79 Å². The van der Waals surface area contributed by atoms with Crippen LogP contribution in [0.25, 0.3) is 0 Å². The first kappa shape index (κ1) is 11.7. The molecule has 2 atom stereocenters. The van der Waals surface area contributed by atoms with Gasteiger partial charge in [0.05, 0.1) is 0 Å². The maximum absolute atomic E-state index is 11.7. The van der Waals surface area contributed by atoms with Gasteiger partial charge >= 0.3 is 6.03 Å². The third-order valence-electron chi connectivity index (χ3n) is 3.30. The molecule has 2 heterocycles. The van der Waals surface area contributed by atoms with E-state index in [0.29, 0.717) is 18.1 Å². The standard InChI is InChI=1S/C12H23N3O/c1-12(2,3)15-11(16)14-10-6-8-4-5-9(7-10)13-8/h8-10,13H,4-7H2,1-3H3,(H2,14,15,16). The number of amides is 2. The molecule has 0 spiro atoms. The fourth-order valence-corrected chi connectivity index (χ4v) is 2.74. The summed E-state index contributed by atoms with van der Waals surface area (Å²) in [5.41, 5.74) is -0.157. The van der Waals surface area contributed by atoms with Crippen LogP contribution in [-0.2, 0) is 0 Å². The lowest BCUT2D eigenvalue weighted by molar-refractivity contribution is 0.221. The fourth-order valence-electron chi connectivity index (χ4n) is 2.74. The van der Waals surface area contributed by atoms with E-state index in [2.05, 4.69) is 16.0 Å².